The Bertz CT molecular complexity index is 1130. The highest BCUT2D eigenvalue weighted by Crippen LogP contribution is 2.29. The van der Waals surface area contributed by atoms with Crippen molar-refractivity contribution >= 4 is 17.5 Å². The molecule has 5 heterocycles. The van der Waals surface area contributed by atoms with Gasteiger partial charge in [0.05, 0.1) is 19.5 Å². The highest BCUT2D eigenvalue weighted by atomic mass is 16.5. The summed E-state index contributed by atoms with van der Waals surface area (Å²) in [5.41, 5.74) is 9.64. The molecule has 1 atom stereocenters. The molecular weight excluding hydrogens is 418 g/mol. The number of rotatable bonds is 4. The largest absolute Gasteiger partial charge is 0.461 e. The first kappa shape index (κ1) is 20.5. The van der Waals surface area contributed by atoms with E-state index in [4.69, 9.17) is 14.9 Å². The van der Waals surface area contributed by atoms with Crippen LogP contribution in [0.5, 0.6) is 0 Å². The van der Waals surface area contributed by atoms with Gasteiger partial charge in [0.1, 0.15) is 0 Å². The van der Waals surface area contributed by atoms with Crippen LogP contribution in [0.25, 0.3) is 23.4 Å². The molecule has 2 aromatic heterocycles. The SMILES string of the molecule is NC1NC(c2cccc(N3CCC(N4CCOCC4)CC3)c2)=Cc2nc(-c3ccco3)nn21. The van der Waals surface area contributed by atoms with Gasteiger partial charge < -0.3 is 19.4 Å². The van der Waals surface area contributed by atoms with Gasteiger partial charge >= 0.3 is 0 Å². The van der Waals surface area contributed by atoms with Gasteiger partial charge in [-0.1, -0.05) is 12.1 Å². The zero-order valence-corrected chi connectivity index (χ0v) is 18.6. The van der Waals surface area contributed by atoms with Crippen molar-refractivity contribution < 1.29 is 9.15 Å². The second-order valence-electron chi connectivity index (χ2n) is 8.78. The van der Waals surface area contributed by atoms with Gasteiger partial charge in [0, 0.05) is 49.7 Å². The van der Waals surface area contributed by atoms with E-state index < -0.39 is 6.29 Å². The number of nitrogens with zero attached hydrogens (tertiary/aromatic N) is 5. The van der Waals surface area contributed by atoms with Crippen LogP contribution >= 0.6 is 0 Å². The molecule has 6 rings (SSSR count). The highest BCUT2D eigenvalue weighted by molar-refractivity contribution is 5.81. The van der Waals surface area contributed by atoms with Crippen molar-refractivity contribution in [1.29, 1.82) is 0 Å². The molecule has 0 radical (unpaired) electrons. The van der Waals surface area contributed by atoms with Crippen LogP contribution in [0, 0.1) is 0 Å². The van der Waals surface area contributed by atoms with Gasteiger partial charge in [0.2, 0.25) is 5.82 Å². The lowest BCUT2D eigenvalue weighted by Gasteiger charge is -2.41. The molecule has 0 amide bonds. The number of nitrogens with one attached hydrogen (secondary N) is 1. The van der Waals surface area contributed by atoms with E-state index in [0.717, 1.165) is 50.7 Å². The molecule has 33 heavy (non-hydrogen) atoms. The maximum atomic E-state index is 6.36. The molecule has 3 aliphatic heterocycles. The van der Waals surface area contributed by atoms with Crippen LogP contribution in [0.1, 0.15) is 30.5 Å². The van der Waals surface area contributed by atoms with E-state index in [0.29, 0.717) is 23.5 Å². The molecule has 0 bridgehead atoms. The summed E-state index contributed by atoms with van der Waals surface area (Å²) in [6.45, 7) is 5.99. The summed E-state index contributed by atoms with van der Waals surface area (Å²) < 4.78 is 12.6. The van der Waals surface area contributed by atoms with Crippen molar-refractivity contribution in [1.82, 2.24) is 25.0 Å². The Kier molecular flexibility index (Phi) is 5.37. The van der Waals surface area contributed by atoms with Crippen LogP contribution in [0.4, 0.5) is 5.69 Å². The molecule has 3 N–H and O–H groups in total. The molecule has 9 heteroatoms. The fourth-order valence-electron chi connectivity index (χ4n) is 5.01. The van der Waals surface area contributed by atoms with E-state index in [1.165, 1.54) is 18.5 Å². The Balaban J connectivity index is 1.19. The summed E-state index contributed by atoms with van der Waals surface area (Å²) in [7, 11) is 0. The Morgan fingerprint density at radius 2 is 1.88 bits per heavy atom. The molecule has 1 aromatic carbocycles. The van der Waals surface area contributed by atoms with Crippen molar-refractivity contribution in [3.05, 3.63) is 54.0 Å². The first-order chi connectivity index (χ1) is 16.2. The maximum Gasteiger partial charge on any atom is 0.217 e. The van der Waals surface area contributed by atoms with Crippen molar-refractivity contribution in [3.8, 4) is 11.6 Å². The van der Waals surface area contributed by atoms with E-state index in [9.17, 15) is 0 Å². The number of anilines is 1. The van der Waals surface area contributed by atoms with E-state index >= 15 is 0 Å². The summed E-state index contributed by atoms with van der Waals surface area (Å²) in [5, 5.41) is 7.86. The molecule has 1 unspecified atom stereocenters. The van der Waals surface area contributed by atoms with Crippen LogP contribution in [0.3, 0.4) is 0 Å². The van der Waals surface area contributed by atoms with Crippen LogP contribution < -0.4 is 16.0 Å². The van der Waals surface area contributed by atoms with Crippen molar-refractivity contribution in [2.24, 2.45) is 5.73 Å². The van der Waals surface area contributed by atoms with Crippen LogP contribution in [-0.2, 0) is 4.74 Å². The van der Waals surface area contributed by atoms with Crippen molar-refractivity contribution in [2.45, 2.75) is 25.2 Å². The molecule has 2 saturated heterocycles. The highest BCUT2D eigenvalue weighted by Gasteiger charge is 2.27. The Morgan fingerprint density at radius 1 is 1.03 bits per heavy atom. The quantitative estimate of drug-likeness (QED) is 0.629. The fraction of sp³-hybridized carbons (Fsp3) is 0.417. The lowest BCUT2D eigenvalue weighted by atomic mass is 10.0. The van der Waals surface area contributed by atoms with E-state index in [2.05, 4.69) is 49.5 Å². The van der Waals surface area contributed by atoms with Crippen molar-refractivity contribution in [3.63, 3.8) is 0 Å². The number of nitrogens with two attached hydrogens (primary N) is 1. The third-order valence-electron chi connectivity index (χ3n) is 6.79. The molecule has 0 aliphatic carbocycles. The predicted octanol–water partition coefficient (Wildman–Crippen LogP) is 2.36. The minimum atomic E-state index is -0.496. The summed E-state index contributed by atoms with van der Waals surface area (Å²) in [5.74, 6) is 1.86. The molecule has 3 aromatic rings. The Labute approximate surface area is 192 Å². The second-order valence-corrected chi connectivity index (χ2v) is 8.78. The first-order valence-electron chi connectivity index (χ1n) is 11.7. The van der Waals surface area contributed by atoms with Gasteiger partial charge in [0.25, 0.3) is 0 Å². The number of fused-ring (bicyclic) bond motifs is 1. The molecule has 2 fully saturated rings. The summed E-state index contributed by atoms with van der Waals surface area (Å²) in [4.78, 5) is 9.71. The van der Waals surface area contributed by atoms with Gasteiger partial charge in [-0.25, -0.2) is 9.67 Å². The monoisotopic (exact) mass is 447 g/mol. The second kappa shape index (κ2) is 8.66. The average Bonchev–Trinajstić information content (AvgIpc) is 3.55. The number of ether oxygens (including phenoxy) is 1. The maximum absolute atomic E-state index is 6.36. The Hall–Kier alpha value is -3.14. The van der Waals surface area contributed by atoms with Gasteiger partial charge in [-0.15, -0.1) is 5.10 Å². The average molecular weight is 448 g/mol. The minimum absolute atomic E-state index is 0.496. The summed E-state index contributed by atoms with van der Waals surface area (Å²) in [6.07, 6.45) is 5.49. The number of benzene rings is 1. The molecule has 3 aliphatic rings. The lowest BCUT2D eigenvalue weighted by molar-refractivity contribution is 0.0115. The van der Waals surface area contributed by atoms with Crippen LogP contribution in [-0.4, -0.2) is 65.1 Å². The lowest BCUT2D eigenvalue weighted by Crippen LogP contribution is -2.49. The Morgan fingerprint density at radius 3 is 2.67 bits per heavy atom. The number of aromatic nitrogens is 3. The molecule has 9 nitrogen and oxygen atoms in total. The third-order valence-corrected chi connectivity index (χ3v) is 6.79. The smallest absolute Gasteiger partial charge is 0.217 e. The molecule has 172 valence electrons. The third kappa shape index (κ3) is 4.03. The van der Waals surface area contributed by atoms with Crippen LogP contribution in [0.2, 0.25) is 0 Å². The van der Waals surface area contributed by atoms with Gasteiger partial charge in [0.15, 0.2) is 17.9 Å². The topological polar surface area (TPSA) is 97.6 Å². The van der Waals surface area contributed by atoms with E-state index in [-0.39, 0.29) is 0 Å². The predicted molar refractivity (Wildman–Crippen MR) is 126 cm³/mol. The minimum Gasteiger partial charge on any atom is -0.461 e. The normalized spacial score (nSPS) is 22.0. The van der Waals surface area contributed by atoms with Crippen molar-refractivity contribution in [2.75, 3.05) is 44.3 Å². The number of morpholine rings is 1. The first-order valence-corrected chi connectivity index (χ1v) is 11.7. The van der Waals surface area contributed by atoms with Crippen LogP contribution in [0.15, 0.2) is 47.1 Å². The zero-order valence-electron chi connectivity index (χ0n) is 18.6. The number of piperidine rings is 1. The number of hydrogen-bond acceptors (Lipinski definition) is 8. The van der Waals surface area contributed by atoms with E-state index in [1.807, 2.05) is 18.2 Å². The number of furan rings is 1. The van der Waals surface area contributed by atoms with Gasteiger partial charge in [-0.05, 0) is 42.7 Å². The zero-order chi connectivity index (χ0) is 22.2. The summed E-state index contributed by atoms with van der Waals surface area (Å²) >= 11 is 0. The molecule has 0 saturated carbocycles. The van der Waals surface area contributed by atoms with Gasteiger partial charge in [-0.2, -0.15) is 0 Å². The standard InChI is InChI=1S/C24H29N7O2/c25-24-26-20(16-22-27-23(28-31(22)24)21-5-2-12-33-21)17-3-1-4-19(15-17)29-8-6-18(7-9-29)30-10-13-32-14-11-30/h1-5,12,15-16,18,24,26H,6-11,13-14,25H2. The fourth-order valence-corrected chi connectivity index (χ4v) is 5.01. The molecule has 0 spiro atoms. The number of hydrogen-bond donors (Lipinski definition) is 2. The van der Waals surface area contributed by atoms with E-state index in [1.54, 1.807) is 10.9 Å². The summed E-state index contributed by atoms with van der Waals surface area (Å²) in [6, 6.07) is 13.0. The van der Waals surface area contributed by atoms with Gasteiger partial charge in [-0.3, -0.25) is 10.6 Å². The molecular formula is C24H29N7O2.